The number of carboxylic acid groups (broad SMARTS) is 1. The number of para-hydroxylation sites is 1. The van der Waals surface area contributed by atoms with E-state index in [-0.39, 0.29) is 18.1 Å². The van der Waals surface area contributed by atoms with Crippen LogP contribution in [0.4, 0.5) is 11.4 Å². The van der Waals surface area contributed by atoms with Crippen molar-refractivity contribution in [3.05, 3.63) is 33.9 Å². The minimum atomic E-state index is -1.39. The Labute approximate surface area is 108 Å². The lowest BCUT2D eigenvalue weighted by Crippen LogP contribution is -2.28. The third kappa shape index (κ3) is 3.41. The van der Waals surface area contributed by atoms with Gasteiger partial charge in [-0.3, -0.25) is 14.9 Å². The van der Waals surface area contributed by atoms with Gasteiger partial charge in [0.25, 0.3) is 0 Å². The van der Waals surface area contributed by atoms with Crippen LogP contribution in [0.5, 0.6) is 0 Å². The number of hydrogen-bond donors (Lipinski definition) is 2. The third-order valence-corrected chi connectivity index (χ3v) is 2.38. The van der Waals surface area contributed by atoms with E-state index in [0.717, 1.165) is 6.07 Å². The number of anilines is 1. The molecule has 1 amide bonds. The summed E-state index contributed by atoms with van der Waals surface area (Å²) in [6.07, 6.45) is 0. The van der Waals surface area contributed by atoms with E-state index in [1.165, 1.54) is 17.0 Å². The van der Waals surface area contributed by atoms with Crippen molar-refractivity contribution in [3.63, 3.8) is 0 Å². The Hall–Kier alpha value is -2.64. The number of amides is 1. The zero-order chi connectivity index (χ0) is 14.6. The number of nitrogens with zero attached hydrogens (tertiary/aromatic N) is 2. The van der Waals surface area contributed by atoms with Crippen LogP contribution < -0.4 is 5.32 Å². The number of benzene rings is 1. The zero-order valence-corrected chi connectivity index (χ0v) is 10.4. The molecule has 1 rings (SSSR count). The summed E-state index contributed by atoms with van der Waals surface area (Å²) in [5, 5.41) is 22.4. The molecule has 0 spiro atoms. The van der Waals surface area contributed by atoms with Crippen molar-refractivity contribution < 1.29 is 19.6 Å². The number of aromatic carboxylic acids is 1. The third-order valence-electron chi connectivity index (χ3n) is 2.38. The lowest BCUT2D eigenvalue weighted by Gasteiger charge is -2.12. The second-order valence-electron chi connectivity index (χ2n) is 3.91. The molecule has 0 bridgehead atoms. The summed E-state index contributed by atoms with van der Waals surface area (Å²) in [5.74, 6) is -1.68. The van der Waals surface area contributed by atoms with E-state index in [1.807, 2.05) is 0 Å². The molecular formula is C11H13N3O5. The van der Waals surface area contributed by atoms with Gasteiger partial charge < -0.3 is 15.3 Å². The molecule has 0 saturated heterocycles. The fourth-order valence-corrected chi connectivity index (χ4v) is 1.38. The van der Waals surface area contributed by atoms with Gasteiger partial charge in [0.15, 0.2) is 0 Å². The first-order chi connectivity index (χ1) is 8.84. The number of likely N-dealkylation sites (N-methyl/N-ethyl adjacent to an activating group) is 1. The van der Waals surface area contributed by atoms with Crippen molar-refractivity contribution in [3.8, 4) is 0 Å². The van der Waals surface area contributed by atoms with Crippen molar-refractivity contribution in [1.29, 1.82) is 0 Å². The van der Waals surface area contributed by atoms with Gasteiger partial charge in [-0.15, -0.1) is 0 Å². The molecule has 0 atom stereocenters. The van der Waals surface area contributed by atoms with Crippen molar-refractivity contribution in [1.82, 2.24) is 4.90 Å². The lowest BCUT2D eigenvalue weighted by molar-refractivity contribution is -0.384. The molecule has 19 heavy (non-hydrogen) atoms. The monoisotopic (exact) mass is 267 g/mol. The van der Waals surface area contributed by atoms with E-state index in [1.54, 1.807) is 14.1 Å². The van der Waals surface area contributed by atoms with Gasteiger partial charge in [-0.2, -0.15) is 0 Å². The molecule has 0 fully saturated rings. The van der Waals surface area contributed by atoms with Gasteiger partial charge in [0, 0.05) is 14.1 Å². The Bertz CT molecular complexity index is 527. The molecule has 0 aliphatic carbocycles. The SMILES string of the molecule is CN(C)C(=O)CNc1cccc(C(=O)O)c1[N+](=O)[O-]. The summed E-state index contributed by atoms with van der Waals surface area (Å²) in [7, 11) is 3.10. The van der Waals surface area contributed by atoms with E-state index in [0.29, 0.717) is 0 Å². The highest BCUT2D eigenvalue weighted by atomic mass is 16.6. The normalized spacial score (nSPS) is 9.79. The van der Waals surface area contributed by atoms with E-state index in [9.17, 15) is 19.7 Å². The molecule has 0 unspecified atom stereocenters. The van der Waals surface area contributed by atoms with Gasteiger partial charge in [-0.1, -0.05) is 6.07 Å². The molecule has 1 aromatic rings. The van der Waals surface area contributed by atoms with Gasteiger partial charge in [0.05, 0.1) is 11.5 Å². The molecule has 8 heteroatoms. The Morgan fingerprint density at radius 3 is 2.53 bits per heavy atom. The summed E-state index contributed by atoms with van der Waals surface area (Å²) in [5.41, 5.74) is -0.978. The second-order valence-corrected chi connectivity index (χ2v) is 3.91. The molecule has 0 heterocycles. The molecule has 1 aromatic carbocycles. The van der Waals surface area contributed by atoms with Crippen LogP contribution in [0.3, 0.4) is 0 Å². The smallest absolute Gasteiger partial charge is 0.342 e. The Morgan fingerprint density at radius 2 is 2.05 bits per heavy atom. The van der Waals surface area contributed by atoms with E-state index < -0.39 is 22.1 Å². The van der Waals surface area contributed by atoms with Crippen LogP contribution in [0, 0.1) is 10.1 Å². The van der Waals surface area contributed by atoms with Crippen LogP contribution in [0.1, 0.15) is 10.4 Å². The second kappa shape index (κ2) is 5.80. The summed E-state index contributed by atoms with van der Waals surface area (Å²) >= 11 is 0. The van der Waals surface area contributed by atoms with Gasteiger partial charge in [-0.05, 0) is 12.1 Å². The van der Waals surface area contributed by atoms with Crippen molar-refractivity contribution >= 4 is 23.3 Å². The number of hydrogen-bond acceptors (Lipinski definition) is 5. The van der Waals surface area contributed by atoms with Crippen LogP contribution in [-0.4, -0.2) is 47.4 Å². The highest BCUT2D eigenvalue weighted by Gasteiger charge is 2.24. The average Bonchev–Trinajstić information content (AvgIpc) is 2.34. The lowest BCUT2D eigenvalue weighted by atomic mass is 10.1. The first kappa shape index (κ1) is 14.4. The van der Waals surface area contributed by atoms with Gasteiger partial charge in [0.1, 0.15) is 11.3 Å². The van der Waals surface area contributed by atoms with Gasteiger partial charge in [-0.25, -0.2) is 4.79 Å². The molecule has 102 valence electrons. The molecule has 0 aliphatic heterocycles. The molecule has 0 radical (unpaired) electrons. The predicted octanol–water partition coefficient (Wildman–Crippen LogP) is 0.793. The molecular weight excluding hydrogens is 254 g/mol. The fourth-order valence-electron chi connectivity index (χ4n) is 1.38. The maximum atomic E-state index is 11.4. The van der Waals surface area contributed by atoms with E-state index in [2.05, 4.69) is 5.32 Å². The van der Waals surface area contributed by atoms with E-state index in [4.69, 9.17) is 5.11 Å². The summed E-state index contributed by atoms with van der Waals surface area (Å²) in [6.45, 7) is -0.156. The van der Waals surface area contributed by atoms with Crippen molar-refractivity contribution in [2.24, 2.45) is 0 Å². The Morgan fingerprint density at radius 1 is 1.42 bits per heavy atom. The largest absolute Gasteiger partial charge is 0.477 e. The quantitative estimate of drug-likeness (QED) is 0.602. The number of rotatable bonds is 5. The Balaban J connectivity index is 3.07. The average molecular weight is 267 g/mol. The summed E-state index contributed by atoms with van der Waals surface area (Å²) in [6, 6.07) is 3.87. The number of nitro groups is 1. The predicted molar refractivity (Wildman–Crippen MR) is 67.2 cm³/mol. The number of carboxylic acids is 1. The fraction of sp³-hybridized carbons (Fsp3) is 0.273. The molecule has 0 aromatic heterocycles. The van der Waals surface area contributed by atoms with Crippen LogP contribution in [-0.2, 0) is 4.79 Å². The van der Waals surface area contributed by atoms with Crippen molar-refractivity contribution in [2.75, 3.05) is 26.0 Å². The van der Waals surface area contributed by atoms with Gasteiger partial charge >= 0.3 is 11.7 Å². The number of carbonyl (C=O) groups is 2. The minimum absolute atomic E-state index is 0.0000926. The van der Waals surface area contributed by atoms with Crippen molar-refractivity contribution in [2.45, 2.75) is 0 Å². The van der Waals surface area contributed by atoms with Crippen LogP contribution in [0.2, 0.25) is 0 Å². The van der Waals surface area contributed by atoms with Crippen LogP contribution in [0.15, 0.2) is 18.2 Å². The molecule has 8 nitrogen and oxygen atoms in total. The molecule has 0 saturated carbocycles. The molecule has 2 N–H and O–H groups in total. The maximum absolute atomic E-state index is 11.4. The van der Waals surface area contributed by atoms with E-state index >= 15 is 0 Å². The number of nitrogens with one attached hydrogen (secondary N) is 1. The number of carbonyl (C=O) groups excluding carboxylic acids is 1. The first-order valence-corrected chi connectivity index (χ1v) is 5.29. The first-order valence-electron chi connectivity index (χ1n) is 5.29. The summed E-state index contributed by atoms with van der Waals surface area (Å²) in [4.78, 5) is 33.8. The topological polar surface area (TPSA) is 113 Å². The van der Waals surface area contributed by atoms with Gasteiger partial charge in [0.2, 0.25) is 5.91 Å². The van der Waals surface area contributed by atoms with Crippen LogP contribution >= 0.6 is 0 Å². The summed E-state index contributed by atoms with van der Waals surface area (Å²) < 4.78 is 0. The zero-order valence-electron chi connectivity index (χ0n) is 10.4. The molecule has 0 aliphatic rings. The highest BCUT2D eigenvalue weighted by Crippen LogP contribution is 2.28. The highest BCUT2D eigenvalue weighted by molar-refractivity contribution is 5.95. The number of nitro benzene ring substituents is 1. The minimum Gasteiger partial charge on any atom is -0.477 e. The maximum Gasteiger partial charge on any atom is 0.342 e. The van der Waals surface area contributed by atoms with Crippen LogP contribution in [0.25, 0.3) is 0 Å². The Kier molecular flexibility index (Phi) is 4.41. The standard InChI is InChI=1S/C11H13N3O5/c1-13(2)9(15)6-12-8-5-3-4-7(11(16)17)10(8)14(18)19/h3-5,12H,6H2,1-2H3,(H,16,17).